The Bertz CT molecular complexity index is 5010. The van der Waals surface area contributed by atoms with Crippen LogP contribution in [0.3, 0.4) is 0 Å². The minimum Gasteiger partial charge on any atom is -0.507 e. The number of nitrogens with one attached hydrogen (secondary N) is 4. The van der Waals surface area contributed by atoms with Crippen molar-refractivity contribution in [2.24, 2.45) is 63.8 Å². The van der Waals surface area contributed by atoms with Gasteiger partial charge in [-0.05, 0) is 90.5 Å². The van der Waals surface area contributed by atoms with E-state index in [4.69, 9.17) is 118 Å². The lowest BCUT2D eigenvalue weighted by Crippen LogP contribution is -2.60. The number of carbonyl (C=O) groups excluding carboxylic acids is 4. The van der Waals surface area contributed by atoms with Crippen molar-refractivity contribution in [2.45, 2.75) is 248 Å². The second kappa shape index (κ2) is 45.6. The molecule has 0 spiro atoms. The lowest BCUT2D eigenvalue weighted by Gasteiger charge is -2.30. The SMILES string of the molecule is CCN(CCN)S(=O)(=O)N1C[C@H](CCCB2OC(=O)C(CC(=O)O)(CC(=O)O)O2)[C@](N)(C(=O)O)C1.C[C@@H](NS(=O)(=O)N1C[C@H](CCCB2OC(=O)C(CC(=O)O)(CC(=O)O)O2)[C@](N)(C(=O)O)C1)C1(N)CC1.C[C@H](NS(=O)(=O)N1C[C@H](CCCB2OC(=O)C(CC(=O)O)(CC(=O)O)O2)[C@](N)(C(=O)O)C1)C1(N)CC1.N[C@@]1(C(=O)O)CN(S(=O)(=O)NC2CNC2)C[C@@H]1CCCB1OC(=O)C(CC(=O)O)(CC(=O)O)O1. The van der Waals surface area contributed by atoms with Gasteiger partial charge in [-0.25, -0.2) is 0 Å². The normalized spacial score (nSPS) is 27.0. The fourth-order valence-electron chi connectivity index (χ4n) is 18.0. The molecule has 0 aromatic heterocycles. The molecule has 0 amide bonds. The number of likely N-dealkylation sites (N-methyl/N-ethyl adjacent to an activating group) is 1. The molecular formula is C73H120B4N16O44S4. The van der Waals surface area contributed by atoms with E-state index in [0.29, 0.717) is 38.8 Å². The summed E-state index contributed by atoms with van der Waals surface area (Å²) in [7, 11) is -21.0. The number of carboxylic acids is 12. The topological polar surface area (TPSA) is 973 Å². The van der Waals surface area contributed by atoms with Gasteiger partial charge < -0.3 is 144 Å². The molecule has 2 saturated carbocycles. The van der Waals surface area contributed by atoms with E-state index in [1.54, 1.807) is 20.8 Å². The van der Waals surface area contributed by atoms with Crippen LogP contribution in [0.25, 0.3) is 0 Å². The molecule has 60 nitrogen and oxygen atoms in total. The first-order valence-corrected chi connectivity index (χ1v) is 50.2. The number of rotatable bonds is 52. The third-order valence-electron chi connectivity index (χ3n) is 26.8. The maximum absolute atomic E-state index is 13.0. The monoisotopic (exact) mass is 2100 g/mol. The van der Waals surface area contributed by atoms with Crippen molar-refractivity contribution in [2.75, 3.05) is 85.1 Å². The summed E-state index contributed by atoms with van der Waals surface area (Å²) < 4.78 is 157. The van der Waals surface area contributed by atoms with E-state index in [9.17, 15) is 131 Å². The highest BCUT2D eigenvalue weighted by atomic mass is 32.2. The van der Waals surface area contributed by atoms with Crippen molar-refractivity contribution in [1.29, 1.82) is 0 Å². The number of nitrogens with zero attached hydrogens (tertiary/aromatic N) is 5. The number of hydrogen-bond donors (Lipinski definition) is 23. The van der Waals surface area contributed by atoms with Gasteiger partial charge in [0, 0.05) is 138 Å². The Balaban J connectivity index is 0.000000230. The highest BCUT2D eigenvalue weighted by Crippen LogP contribution is 2.44. The van der Waals surface area contributed by atoms with E-state index in [-0.39, 0.29) is 129 Å². The highest BCUT2D eigenvalue weighted by molar-refractivity contribution is 7.88. The van der Waals surface area contributed by atoms with Gasteiger partial charge in [-0.15, -0.1) is 0 Å². The zero-order valence-electron chi connectivity index (χ0n) is 76.9. The van der Waals surface area contributed by atoms with Crippen molar-refractivity contribution < 1.29 is 209 Å². The van der Waals surface area contributed by atoms with Crippen molar-refractivity contribution in [3.8, 4) is 0 Å². The third kappa shape index (κ3) is 28.3. The van der Waals surface area contributed by atoms with Crippen LogP contribution in [0.15, 0.2) is 0 Å². The molecule has 9 saturated heterocycles. The van der Waals surface area contributed by atoms with Crippen molar-refractivity contribution in [1.82, 2.24) is 41.0 Å². The van der Waals surface area contributed by atoms with Gasteiger partial charge in [0.1, 0.15) is 22.2 Å². The van der Waals surface area contributed by atoms with E-state index in [1.807, 2.05) is 0 Å². The second-order valence-electron chi connectivity index (χ2n) is 37.3. The first-order valence-electron chi connectivity index (χ1n) is 44.5. The molecule has 10 atom stereocenters. The van der Waals surface area contributed by atoms with Gasteiger partial charge in [-0.3, -0.25) is 76.7 Å². The summed E-state index contributed by atoms with van der Waals surface area (Å²) in [6.45, 7) is 3.74. The summed E-state index contributed by atoms with van der Waals surface area (Å²) in [6.07, 6.45) is -3.26. The molecule has 0 bridgehead atoms. The van der Waals surface area contributed by atoms with Crippen LogP contribution in [0, 0.1) is 23.7 Å². The predicted molar refractivity (Wildman–Crippen MR) is 475 cm³/mol. The van der Waals surface area contributed by atoms with E-state index in [0.717, 1.165) is 21.5 Å². The van der Waals surface area contributed by atoms with Crippen LogP contribution >= 0.6 is 0 Å². The van der Waals surface area contributed by atoms with E-state index in [1.165, 1.54) is 0 Å². The van der Waals surface area contributed by atoms with E-state index >= 15 is 0 Å². The van der Waals surface area contributed by atoms with Crippen LogP contribution in [-0.2, 0) is 155 Å². The maximum atomic E-state index is 13.0. The largest absolute Gasteiger partial charge is 0.528 e. The average molecular weight is 2100 g/mol. The molecule has 68 heteroatoms. The first-order chi connectivity index (χ1) is 65.0. The van der Waals surface area contributed by atoms with Crippen LogP contribution in [0.2, 0.25) is 25.3 Å². The smallest absolute Gasteiger partial charge is 0.507 e. The van der Waals surface area contributed by atoms with Crippen LogP contribution in [0.4, 0.5) is 0 Å². The van der Waals surface area contributed by atoms with Gasteiger partial charge in [0.15, 0.2) is 22.4 Å². The molecule has 0 aromatic carbocycles. The molecule has 0 radical (unpaired) electrons. The lowest BCUT2D eigenvalue weighted by atomic mass is 9.78. The molecule has 0 aromatic rings. The summed E-state index contributed by atoms with van der Waals surface area (Å²) in [5, 5.41) is 114. The number of carbonyl (C=O) groups is 16. The summed E-state index contributed by atoms with van der Waals surface area (Å²) in [4.78, 5) is 186. The van der Waals surface area contributed by atoms with E-state index < -0.39 is 334 Å². The predicted octanol–water partition coefficient (Wildman–Crippen LogP) is -9.32. The highest BCUT2D eigenvalue weighted by Gasteiger charge is 2.64. The van der Waals surface area contributed by atoms with Crippen LogP contribution in [0.1, 0.15) is 149 Å². The van der Waals surface area contributed by atoms with Gasteiger partial charge in [0.05, 0.1) is 51.4 Å². The summed E-state index contributed by atoms with van der Waals surface area (Å²) in [6, 6.07) is -1.39. The second-order valence-corrected chi connectivity index (χ2v) is 44.4. The Labute approximate surface area is 808 Å². The molecule has 9 heterocycles. The zero-order valence-corrected chi connectivity index (χ0v) is 80.1. The van der Waals surface area contributed by atoms with Crippen LogP contribution in [-0.4, -0.2) is 399 Å². The number of aliphatic carboxylic acids is 12. The van der Waals surface area contributed by atoms with Crippen LogP contribution < -0.4 is 59.6 Å². The number of nitrogens with two attached hydrogens (primary N) is 7. The Morgan fingerprint density at radius 1 is 0.397 bits per heavy atom. The molecule has 11 fully saturated rings. The number of hydrogen-bond acceptors (Lipinski definition) is 40. The quantitative estimate of drug-likeness (QED) is 0.0252. The molecule has 2 aliphatic carbocycles. The van der Waals surface area contributed by atoms with Gasteiger partial charge >= 0.3 is 124 Å². The molecular weight excluding hydrogens is 1980 g/mol. The van der Waals surface area contributed by atoms with Gasteiger partial charge in [-0.1, -0.05) is 32.6 Å². The molecule has 11 aliphatic rings. The average Bonchev–Trinajstić information content (AvgIpc) is 1.80. The summed E-state index contributed by atoms with van der Waals surface area (Å²) in [5.74, 6) is -24.6. The number of carboxylic acid groups (broad SMARTS) is 12. The minimum atomic E-state index is -4.07. The standard InChI is InChI=1S/2C19H31BN4O11S.C18H31BN4O11S.C17H27BN4O11S/c2*1-11(17(21)4-5-17)23-36(32,33)24-9-12(19(22,10-24)15(29)30)3-2-6-20-34-16(31)18(35-20,7-13(25)26)8-14(27)28;1-2-22(7-6-20)35(31,32)23-10-12(18(21,11-23)15(28)29)4-3-5-19-33-16(30)17(34-19,8-13(24)25)9-14(26)27;19-17(14(27)28)9-22(34(30,31)21-11-6-20-7-11)8-10(17)2-1-3-18-32-15(29)16(33-18,4-12(23)24)5-13(25)26/h2*11-12,23H,2-10,21-22H2,1H3,(H,25,26)(H,27,28)(H,29,30);12H,2-11,20-21H2,1H3,(H,24,25)(H,26,27)(H,28,29);10-11,20-21H,1-9,19H2,(H,23,24)(H,25,26)(H,27,28)/t11-,12+,19+;11-,12-,19-;12-,18-;10-,17-/m1000/s1. The molecule has 11 rings (SSSR count). The molecule has 30 N–H and O–H groups in total. The first kappa shape index (κ1) is 117. The Morgan fingerprint density at radius 3 is 0.823 bits per heavy atom. The summed E-state index contributed by atoms with van der Waals surface area (Å²) in [5.41, 5.74) is 24.7. The van der Waals surface area contributed by atoms with Crippen molar-refractivity contribution in [3.05, 3.63) is 0 Å². The Hall–Kier alpha value is -9.22. The summed E-state index contributed by atoms with van der Waals surface area (Å²) >= 11 is 0. The lowest BCUT2D eigenvalue weighted by molar-refractivity contribution is -0.158. The molecule has 9 aliphatic heterocycles. The van der Waals surface area contributed by atoms with Gasteiger partial charge in [0.2, 0.25) is 0 Å². The third-order valence-corrected chi connectivity index (χ3v) is 33.7. The molecule has 0 unspecified atom stereocenters. The van der Waals surface area contributed by atoms with E-state index in [2.05, 4.69) is 19.5 Å². The maximum Gasteiger partial charge on any atom is 0.528 e. The van der Waals surface area contributed by atoms with Crippen molar-refractivity contribution >= 4 is 165 Å². The van der Waals surface area contributed by atoms with Crippen molar-refractivity contribution in [3.63, 3.8) is 0 Å². The van der Waals surface area contributed by atoms with Crippen LogP contribution in [0.5, 0.6) is 0 Å². The Kier molecular flexibility index (Phi) is 37.8. The molecule has 792 valence electrons. The van der Waals surface area contributed by atoms with Gasteiger partial charge in [0.25, 0.3) is 40.8 Å². The fourth-order valence-corrected chi connectivity index (χ4v) is 24.4. The minimum absolute atomic E-state index is 0.0000638. The molecule has 141 heavy (non-hydrogen) atoms. The van der Waals surface area contributed by atoms with Gasteiger partial charge in [-0.2, -0.15) is 69.4 Å². The zero-order chi connectivity index (χ0) is 106. The fraction of sp³-hybridized carbons (Fsp3) is 0.781. The Morgan fingerprint density at radius 2 is 0.624 bits per heavy atom.